The zero-order chi connectivity index (χ0) is 16.8. The van der Waals surface area contributed by atoms with E-state index in [9.17, 15) is 4.79 Å². The maximum Gasteiger partial charge on any atom is 0.317 e. The van der Waals surface area contributed by atoms with Gasteiger partial charge >= 0.3 is 6.03 Å². The summed E-state index contributed by atoms with van der Waals surface area (Å²) < 4.78 is 5.59. The Hall–Kier alpha value is -1.75. The van der Waals surface area contributed by atoms with Crippen LogP contribution in [0.1, 0.15) is 31.7 Å². The summed E-state index contributed by atoms with van der Waals surface area (Å²) in [5.41, 5.74) is 1.22. The summed E-state index contributed by atoms with van der Waals surface area (Å²) in [4.78, 5) is 16.8. The molecule has 5 nitrogen and oxygen atoms in total. The molecule has 3 rings (SSSR count). The van der Waals surface area contributed by atoms with Gasteiger partial charge in [0.2, 0.25) is 0 Å². The summed E-state index contributed by atoms with van der Waals surface area (Å²) in [6.45, 7) is 7.50. The van der Waals surface area contributed by atoms with Crippen molar-refractivity contribution in [2.75, 3.05) is 39.3 Å². The smallest absolute Gasteiger partial charge is 0.317 e. The van der Waals surface area contributed by atoms with E-state index in [4.69, 9.17) is 4.74 Å². The summed E-state index contributed by atoms with van der Waals surface area (Å²) in [6.07, 6.45) is 4.38. The van der Waals surface area contributed by atoms with E-state index < -0.39 is 0 Å². The molecule has 2 aliphatic rings. The van der Waals surface area contributed by atoms with Crippen LogP contribution in [0.5, 0.6) is 5.75 Å². The number of nitrogens with zero attached hydrogens (tertiary/aromatic N) is 2. The first-order valence-corrected chi connectivity index (χ1v) is 9.25. The zero-order valence-corrected chi connectivity index (χ0v) is 14.7. The molecule has 0 bridgehead atoms. The minimum atomic E-state index is 0.0875. The normalized spacial score (nSPS) is 20.7. The van der Waals surface area contributed by atoms with Crippen LogP contribution in [0.3, 0.4) is 0 Å². The third-order valence-electron chi connectivity index (χ3n) is 4.96. The van der Waals surface area contributed by atoms with Crippen molar-refractivity contribution in [3.05, 3.63) is 29.8 Å². The van der Waals surface area contributed by atoms with Gasteiger partial charge in [-0.25, -0.2) is 4.79 Å². The average molecular weight is 331 g/mol. The Morgan fingerprint density at radius 3 is 2.88 bits per heavy atom. The molecular formula is C19H29N3O2. The van der Waals surface area contributed by atoms with Gasteiger partial charge in [-0.3, -0.25) is 4.90 Å². The van der Waals surface area contributed by atoms with Gasteiger partial charge in [0.25, 0.3) is 0 Å². The number of rotatable bonds is 6. The van der Waals surface area contributed by atoms with Gasteiger partial charge in [0, 0.05) is 32.2 Å². The number of carbonyl (C=O) groups is 1. The summed E-state index contributed by atoms with van der Waals surface area (Å²) in [7, 11) is 0. The topological polar surface area (TPSA) is 44.8 Å². The van der Waals surface area contributed by atoms with Crippen LogP contribution in [0.25, 0.3) is 0 Å². The molecule has 1 aromatic carbocycles. The second kappa shape index (κ2) is 8.38. The van der Waals surface area contributed by atoms with Crippen LogP contribution in [0.4, 0.5) is 4.79 Å². The van der Waals surface area contributed by atoms with Crippen LogP contribution in [0, 0.1) is 0 Å². The van der Waals surface area contributed by atoms with Gasteiger partial charge in [-0.05, 0) is 49.9 Å². The SMILES string of the molecule is CCCOc1ccc(CCNC(=O)N2CCN3CCCC3C2)cc1. The molecule has 2 amide bonds. The van der Waals surface area contributed by atoms with Crippen molar-refractivity contribution in [2.45, 2.75) is 38.6 Å². The predicted octanol–water partition coefficient (Wildman–Crippen LogP) is 2.51. The third kappa shape index (κ3) is 4.41. The molecule has 1 atom stereocenters. The molecule has 0 aliphatic carbocycles. The van der Waals surface area contributed by atoms with Crippen LogP contribution in [-0.4, -0.2) is 61.2 Å². The van der Waals surface area contributed by atoms with Gasteiger partial charge < -0.3 is 15.0 Å². The maximum atomic E-state index is 12.3. The lowest BCUT2D eigenvalue weighted by Crippen LogP contribution is -2.54. The van der Waals surface area contributed by atoms with E-state index in [0.717, 1.165) is 44.8 Å². The van der Waals surface area contributed by atoms with Crippen molar-refractivity contribution in [3.63, 3.8) is 0 Å². The van der Waals surface area contributed by atoms with Gasteiger partial charge in [-0.15, -0.1) is 0 Å². The molecule has 1 N–H and O–H groups in total. The number of urea groups is 1. The number of ether oxygens (including phenoxy) is 1. The molecule has 2 heterocycles. The number of nitrogens with one attached hydrogen (secondary N) is 1. The number of carbonyl (C=O) groups excluding carboxylic acids is 1. The van der Waals surface area contributed by atoms with E-state index in [1.165, 1.54) is 24.9 Å². The van der Waals surface area contributed by atoms with Crippen LogP contribution < -0.4 is 10.1 Å². The molecule has 0 spiro atoms. The van der Waals surface area contributed by atoms with Crippen molar-refractivity contribution >= 4 is 6.03 Å². The Morgan fingerprint density at radius 2 is 2.08 bits per heavy atom. The van der Waals surface area contributed by atoms with Gasteiger partial charge in [0.1, 0.15) is 5.75 Å². The molecule has 2 saturated heterocycles. The van der Waals surface area contributed by atoms with E-state index in [1.807, 2.05) is 17.0 Å². The van der Waals surface area contributed by atoms with Crippen molar-refractivity contribution in [1.82, 2.24) is 15.1 Å². The molecule has 0 radical (unpaired) electrons. The lowest BCUT2D eigenvalue weighted by molar-refractivity contribution is 0.117. The van der Waals surface area contributed by atoms with Gasteiger partial charge in [-0.2, -0.15) is 0 Å². The van der Waals surface area contributed by atoms with Crippen molar-refractivity contribution in [2.24, 2.45) is 0 Å². The molecule has 24 heavy (non-hydrogen) atoms. The predicted molar refractivity (Wildman–Crippen MR) is 95.5 cm³/mol. The molecule has 5 heteroatoms. The molecule has 1 aromatic rings. The standard InChI is InChI=1S/C19H29N3O2/c1-2-14-24-18-7-5-16(6-8-18)9-10-20-19(23)22-13-12-21-11-3-4-17(21)15-22/h5-8,17H,2-4,9-15H2,1H3,(H,20,23). The molecule has 1 unspecified atom stereocenters. The number of fused-ring (bicyclic) bond motifs is 1. The van der Waals surface area contributed by atoms with E-state index >= 15 is 0 Å². The van der Waals surface area contributed by atoms with Crippen molar-refractivity contribution in [3.8, 4) is 5.75 Å². The Balaban J connectivity index is 1.38. The highest BCUT2D eigenvalue weighted by Crippen LogP contribution is 2.21. The molecule has 2 aliphatic heterocycles. The van der Waals surface area contributed by atoms with E-state index in [1.54, 1.807) is 0 Å². The minimum absolute atomic E-state index is 0.0875. The number of hydrogen-bond acceptors (Lipinski definition) is 3. The van der Waals surface area contributed by atoms with E-state index in [-0.39, 0.29) is 6.03 Å². The quantitative estimate of drug-likeness (QED) is 0.871. The molecule has 0 saturated carbocycles. The molecule has 2 fully saturated rings. The first-order chi connectivity index (χ1) is 11.8. The number of benzene rings is 1. The summed E-state index contributed by atoms with van der Waals surface area (Å²) in [6, 6.07) is 8.84. The average Bonchev–Trinajstić information content (AvgIpc) is 3.08. The van der Waals surface area contributed by atoms with Gasteiger partial charge in [-0.1, -0.05) is 19.1 Å². The number of amides is 2. The summed E-state index contributed by atoms with van der Waals surface area (Å²) in [5, 5.41) is 3.07. The van der Waals surface area contributed by atoms with E-state index in [0.29, 0.717) is 12.6 Å². The second-order valence-electron chi connectivity index (χ2n) is 6.75. The highest BCUT2D eigenvalue weighted by molar-refractivity contribution is 5.74. The van der Waals surface area contributed by atoms with Crippen LogP contribution >= 0.6 is 0 Å². The fourth-order valence-corrected chi connectivity index (χ4v) is 3.57. The zero-order valence-electron chi connectivity index (χ0n) is 14.7. The fourth-order valence-electron chi connectivity index (χ4n) is 3.57. The Kier molecular flexibility index (Phi) is 5.96. The molecule has 0 aromatic heterocycles. The Morgan fingerprint density at radius 1 is 1.25 bits per heavy atom. The Labute approximate surface area is 145 Å². The summed E-state index contributed by atoms with van der Waals surface area (Å²) >= 11 is 0. The third-order valence-corrected chi connectivity index (χ3v) is 4.96. The van der Waals surface area contributed by atoms with Crippen molar-refractivity contribution in [1.29, 1.82) is 0 Å². The first kappa shape index (κ1) is 17.1. The van der Waals surface area contributed by atoms with Crippen molar-refractivity contribution < 1.29 is 9.53 Å². The Bertz CT molecular complexity index is 532. The largest absolute Gasteiger partial charge is 0.494 e. The van der Waals surface area contributed by atoms with Gasteiger partial charge in [0.05, 0.1) is 6.61 Å². The number of hydrogen-bond donors (Lipinski definition) is 1. The molecule has 132 valence electrons. The first-order valence-electron chi connectivity index (χ1n) is 9.25. The second-order valence-corrected chi connectivity index (χ2v) is 6.75. The van der Waals surface area contributed by atoms with Crippen LogP contribution in [-0.2, 0) is 6.42 Å². The summed E-state index contributed by atoms with van der Waals surface area (Å²) in [5.74, 6) is 0.916. The minimum Gasteiger partial charge on any atom is -0.494 e. The fraction of sp³-hybridized carbons (Fsp3) is 0.632. The highest BCUT2D eigenvalue weighted by Gasteiger charge is 2.32. The molecular weight excluding hydrogens is 302 g/mol. The van der Waals surface area contributed by atoms with Crippen LogP contribution in [0.15, 0.2) is 24.3 Å². The lowest BCUT2D eigenvalue weighted by atomic mass is 10.1. The lowest BCUT2D eigenvalue weighted by Gasteiger charge is -2.37. The maximum absolute atomic E-state index is 12.3. The van der Waals surface area contributed by atoms with Crippen LogP contribution in [0.2, 0.25) is 0 Å². The van der Waals surface area contributed by atoms with E-state index in [2.05, 4.69) is 29.3 Å². The number of piperazine rings is 1. The van der Waals surface area contributed by atoms with Gasteiger partial charge in [0.15, 0.2) is 0 Å². The highest BCUT2D eigenvalue weighted by atomic mass is 16.5. The monoisotopic (exact) mass is 331 g/mol.